The molecule has 2 aromatic heterocycles. The molecule has 1 atom stereocenters. The van der Waals surface area contributed by atoms with E-state index in [1.54, 1.807) is 0 Å². The number of benzene rings is 9. The fourth-order valence-corrected chi connectivity index (χ4v) is 10.4. The summed E-state index contributed by atoms with van der Waals surface area (Å²) < 4.78 is 11.9. The summed E-state index contributed by atoms with van der Waals surface area (Å²) in [6, 6.07) is 77.0. The third kappa shape index (κ3) is 4.32. The smallest absolute Gasteiger partial charge is 0.134 e. The average molecular weight is 754 g/mol. The number of fused-ring (bicyclic) bond motifs is 14. The molecule has 0 aliphatic carbocycles. The molecule has 276 valence electrons. The zero-order valence-electron chi connectivity index (χ0n) is 32.0. The van der Waals surface area contributed by atoms with E-state index in [4.69, 9.17) is 4.74 Å². The van der Waals surface area contributed by atoms with Crippen LogP contribution in [0.5, 0.6) is 11.5 Å². The predicted molar refractivity (Wildman–Crippen MR) is 242 cm³/mol. The van der Waals surface area contributed by atoms with Crippen molar-refractivity contribution in [2.45, 2.75) is 5.41 Å². The summed E-state index contributed by atoms with van der Waals surface area (Å²) in [6.45, 7) is 0. The lowest BCUT2D eigenvalue weighted by Gasteiger charge is -2.45. The van der Waals surface area contributed by atoms with Crippen LogP contribution >= 0.6 is 0 Å². The molecule has 0 saturated carbocycles. The molecule has 0 amide bonds. The normalized spacial score (nSPS) is 15.0. The number of rotatable bonds is 4. The molecule has 59 heavy (non-hydrogen) atoms. The second-order valence-electron chi connectivity index (χ2n) is 15.7. The van der Waals surface area contributed by atoms with Crippen LogP contribution in [0.25, 0.3) is 55.0 Å². The topological polar surface area (TPSA) is 22.3 Å². The highest BCUT2D eigenvalue weighted by Gasteiger charge is 2.50. The van der Waals surface area contributed by atoms with Crippen molar-refractivity contribution in [2.24, 2.45) is 0 Å². The first-order valence-corrected chi connectivity index (χ1v) is 20.3. The minimum absolute atomic E-state index is 0.626. The van der Waals surface area contributed by atoms with Crippen molar-refractivity contribution in [3.63, 3.8) is 0 Å². The van der Waals surface area contributed by atoms with E-state index in [9.17, 15) is 0 Å². The predicted octanol–water partition coefficient (Wildman–Crippen LogP) is 14.2. The van der Waals surface area contributed by atoms with Crippen LogP contribution in [0, 0.1) is 0 Å². The maximum Gasteiger partial charge on any atom is 0.134 e. The van der Waals surface area contributed by atoms with Crippen molar-refractivity contribution in [3.8, 4) is 22.9 Å². The molecule has 4 heterocycles. The van der Waals surface area contributed by atoms with E-state index in [1.807, 2.05) is 0 Å². The van der Waals surface area contributed by atoms with E-state index in [2.05, 4.69) is 226 Å². The molecule has 11 aromatic rings. The number of hydrogen-bond acceptors (Lipinski definition) is 2. The number of para-hydroxylation sites is 7. The number of hydrogen-bond donors (Lipinski definition) is 0. The van der Waals surface area contributed by atoms with Gasteiger partial charge in [-0.15, -0.1) is 0 Å². The molecule has 1 spiro atoms. The van der Waals surface area contributed by atoms with Crippen molar-refractivity contribution >= 4 is 60.7 Å². The Hall–Kier alpha value is -7.82. The molecule has 4 heteroatoms. The third-order valence-corrected chi connectivity index (χ3v) is 12.7. The highest BCUT2D eigenvalue weighted by molar-refractivity contribution is 6.13. The zero-order chi connectivity index (χ0) is 38.7. The van der Waals surface area contributed by atoms with Gasteiger partial charge in [-0.25, -0.2) is 0 Å². The first-order valence-electron chi connectivity index (χ1n) is 20.3. The standard InChI is InChI=1S/C55H35N3O/c1-3-16-36(17-4-1)56(38-31-33-50-43(34-38)41-21-8-11-26-48(41)57(50)37-18-5-2-6-19-37)39-30-32-46-53(35-39)59-52-29-14-10-24-45(52)55(46)44-23-9-13-28-51(44)58-49-27-12-7-20-40(49)42-22-15-25-47(55)54(42)58/h1-35H. The van der Waals surface area contributed by atoms with Crippen molar-refractivity contribution in [1.82, 2.24) is 9.13 Å². The monoisotopic (exact) mass is 753 g/mol. The van der Waals surface area contributed by atoms with Gasteiger partial charge >= 0.3 is 0 Å². The maximum atomic E-state index is 7.07. The van der Waals surface area contributed by atoms with E-state index < -0.39 is 5.41 Å². The second kappa shape index (κ2) is 12.1. The number of anilines is 3. The molecule has 0 bridgehead atoms. The van der Waals surface area contributed by atoms with Gasteiger partial charge in [-0.05, 0) is 83.9 Å². The van der Waals surface area contributed by atoms with Crippen LogP contribution in [-0.2, 0) is 5.41 Å². The van der Waals surface area contributed by atoms with Gasteiger partial charge in [0.15, 0.2) is 0 Å². The van der Waals surface area contributed by atoms with Gasteiger partial charge in [-0.3, -0.25) is 0 Å². The number of aromatic nitrogens is 2. The summed E-state index contributed by atoms with van der Waals surface area (Å²) in [7, 11) is 0. The fraction of sp³-hybridized carbons (Fsp3) is 0.0182. The highest BCUT2D eigenvalue weighted by Crippen LogP contribution is 2.61. The summed E-state index contributed by atoms with van der Waals surface area (Å²) >= 11 is 0. The summed E-state index contributed by atoms with van der Waals surface area (Å²) in [6.07, 6.45) is 0. The Morgan fingerprint density at radius 3 is 1.76 bits per heavy atom. The van der Waals surface area contributed by atoms with Gasteiger partial charge in [0.05, 0.1) is 33.2 Å². The Kier molecular flexibility index (Phi) is 6.62. The van der Waals surface area contributed by atoms with E-state index in [0.29, 0.717) is 0 Å². The molecular weight excluding hydrogens is 719 g/mol. The molecule has 4 nitrogen and oxygen atoms in total. The number of nitrogens with zero attached hydrogens (tertiary/aromatic N) is 3. The average Bonchev–Trinajstić information content (AvgIpc) is 3.82. The first-order chi connectivity index (χ1) is 29.3. The van der Waals surface area contributed by atoms with Crippen LogP contribution in [0.4, 0.5) is 17.1 Å². The van der Waals surface area contributed by atoms with Crippen molar-refractivity contribution < 1.29 is 4.74 Å². The van der Waals surface area contributed by atoms with Crippen LogP contribution < -0.4 is 9.64 Å². The lowest BCUT2D eigenvalue weighted by atomic mass is 9.62. The van der Waals surface area contributed by atoms with E-state index in [0.717, 1.165) is 45.4 Å². The summed E-state index contributed by atoms with van der Waals surface area (Å²) in [4.78, 5) is 2.36. The molecule has 0 fully saturated rings. The minimum Gasteiger partial charge on any atom is -0.457 e. The molecule has 2 aliphatic heterocycles. The Bertz CT molecular complexity index is 3490. The molecule has 9 aromatic carbocycles. The van der Waals surface area contributed by atoms with Gasteiger partial charge in [0.1, 0.15) is 11.5 Å². The van der Waals surface area contributed by atoms with Crippen LogP contribution in [0.15, 0.2) is 212 Å². The highest BCUT2D eigenvalue weighted by atomic mass is 16.5. The van der Waals surface area contributed by atoms with E-state index in [-0.39, 0.29) is 0 Å². The molecule has 0 saturated heterocycles. The van der Waals surface area contributed by atoms with Crippen LogP contribution in [0.1, 0.15) is 22.3 Å². The Morgan fingerprint density at radius 1 is 0.356 bits per heavy atom. The quantitative estimate of drug-likeness (QED) is 0.179. The minimum atomic E-state index is -0.626. The lowest BCUT2D eigenvalue weighted by molar-refractivity contribution is 0.434. The van der Waals surface area contributed by atoms with Gasteiger partial charge in [-0.2, -0.15) is 0 Å². The van der Waals surface area contributed by atoms with Gasteiger partial charge in [0.2, 0.25) is 0 Å². The Labute approximate surface area is 341 Å². The van der Waals surface area contributed by atoms with Crippen molar-refractivity contribution in [2.75, 3.05) is 4.90 Å². The molecular formula is C55H35N3O. The van der Waals surface area contributed by atoms with Crippen molar-refractivity contribution in [1.29, 1.82) is 0 Å². The summed E-state index contributed by atoms with van der Waals surface area (Å²) in [5.74, 6) is 1.72. The molecule has 0 N–H and O–H groups in total. The molecule has 2 aliphatic rings. The van der Waals surface area contributed by atoms with Crippen molar-refractivity contribution in [3.05, 3.63) is 235 Å². The second-order valence-corrected chi connectivity index (χ2v) is 15.7. The third-order valence-electron chi connectivity index (χ3n) is 12.7. The molecule has 0 radical (unpaired) electrons. The van der Waals surface area contributed by atoms with Crippen LogP contribution in [-0.4, -0.2) is 9.13 Å². The Morgan fingerprint density at radius 2 is 0.932 bits per heavy atom. The molecule has 13 rings (SSSR count). The van der Waals surface area contributed by atoms with Crippen LogP contribution in [0.3, 0.4) is 0 Å². The fourth-order valence-electron chi connectivity index (χ4n) is 10.4. The van der Waals surface area contributed by atoms with E-state index >= 15 is 0 Å². The Balaban J connectivity index is 1.07. The van der Waals surface area contributed by atoms with Gasteiger partial charge in [0.25, 0.3) is 0 Å². The van der Waals surface area contributed by atoms with E-state index in [1.165, 1.54) is 60.4 Å². The lowest BCUT2D eigenvalue weighted by Crippen LogP contribution is -2.37. The van der Waals surface area contributed by atoms with Gasteiger partial charge in [0, 0.05) is 61.5 Å². The maximum absolute atomic E-state index is 7.07. The van der Waals surface area contributed by atoms with Crippen LogP contribution in [0.2, 0.25) is 0 Å². The first kappa shape index (κ1) is 32.3. The zero-order valence-corrected chi connectivity index (χ0v) is 32.0. The largest absolute Gasteiger partial charge is 0.457 e. The molecule has 1 unspecified atom stereocenters. The number of ether oxygens (including phenoxy) is 1. The summed E-state index contributed by atoms with van der Waals surface area (Å²) in [5.41, 5.74) is 14.5. The van der Waals surface area contributed by atoms with Gasteiger partial charge < -0.3 is 18.8 Å². The summed E-state index contributed by atoms with van der Waals surface area (Å²) in [5, 5.41) is 4.94. The van der Waals surface area contributed by atoms with Gasteiger partial charge in [-0.1, -0.05) is 133 Å². The SMILES string of the molecule is c1ccc(N(c2ccc3c(c2)Oc2ccccc2C32c3ccccc3-n3c4ccccc4c4cccc2c43)c2ccc3c(c2)c2ccccc2n3-c2ccccc2)cc1.